The zero-order valence-corrected chi connectivity index (χ0v) is 13.6. The lowest BCUT2D eigenvalue weighted by Crippen LogP contribution is -2.51. The Morgan fingerprint density at radius 1 is 1.33 bits per heavy atom. The molecule has 8 heteroatoms. The molecule has 1 fully saturated rings. The second-order valence-corrected chi connectivity index (χ2v) is 6.32. The quantitative estimate of drug-likeness (QED) is 0.858. The van der Waals surface area contributed by atoms with Gasteiger partial charge in [-0.15, -0.1) is 0 Å². The Kier molecular flexibility index (Phi) is 5.90. The molecule has 0 aliphatic heterocycles. The molecule has 1 aliphatic rings. The topological polar surface area (TPSA) is 63.2 Å². The Balaban J connectivity index is 1.88. The van der Waals surface area contributed by atoms with Crippen LogP contribution in [0.2, 0.25) is 0 Å². The molecule has 0 bridgehead atoms. The third kappa shape index (κ3) is 5.90. The first-order chi connectivity index (χ1) is 11.3. The van der Waals surface area contributed by atoms with Gasteiger partial charge < -0.3 is 15.4 Å². The summed E-state index contributed by atoms with van der Waals surface area (Å²) >= 11 is 0. The number of aromatic nitrogens is 1. The first-order valence-electron chi connectivity index (χ1n) is 7.96. The molecule has 0 aromatic carbocycles. The number of rotatable bonds is 5. The summed E-state index contributed by atoms with van der Waals surface area (Å²) in [5.74, 6) is 0.0130. The molecular weight excluding hydrogens is 323 g/mol. The van der Waals surface area contributed by atoms with Gasteiger partial charge in [0.15, 0.2) is 6.61 Å². The molecule has 5 nitrogen and oxygen atoms in total. The number of nitrogens with zero attached hydrogens (tertiary/aromatic N) is 1. The number of nitrogens with one attached hydrogen (secondary N) is 2. The third-order valence-electron chi connectivity index (χ3n) is 4.07. The van der Waals surface area contributed by atoms with Crippen molar-refractivity contribution in [2.45, 2.75) is 57.3 Å². The maximum absolute atomic E-state index is 12.3. The zero-order chi connectivity index (χ0) is 17.6. The molecule has 1 aliphatic carbocycles. The highest BCUT2D eigenvalue weighted by Crippen LogP contribution is 2.27. The fraction of sp³-hybridized carbons (Fsp3) is 0.625. The van der Waals surface area contributed by atoms with E-state index >= 15 is 0 Å². The Hall–Kier alpha value is -1.99. The molecule has 1 heterocycles. The van der Waals surface area contributed by atoms with Crippen LogP contribution >= 0.6 is 0 Å². The minimum absolute atomic E-state index is 0.0130. The molecule has 24 heavy (non-hydrogen) atoms. The minimum Gasteiger partial charge on any atom is -0.482 e. The number of urea groups is 1. The van der Waals surface area contributed by atoms with Crippen molar-refractivity contribution in [1.82, 2.24) is 15.6 Å². The van der Waals surface area contributed by atoms with Crippen molar-refractivity contribution in [3.8, 4) is 5.75 Å². The van der Waals surface area contributed by atoms with Crippen molar-refractivity contribution in [3.05, 3.63) is 24.0 Å². The summed E-state index contributed by atoms with van der Waals surface area (Å²) in [6.45, 7) is 0.684. The Morgan fingerprint density at radius 3 is 2.71 bits per heavy atom. The van der Waals surface area contributed by atoms with E-state index in [4.69, 9.17) is 4.74 Å². The largest absolute Gasteiger partial charge is 0.482 e. The minimum atomic E-state index is -4.42. The van der Waals surface area contributed by atoms with Crippen LogP contribution in [0.1, 0.15) is 44.6 Å². The highest BCUT2D eigenvalue weighted by atomic mass is 19.4. The Labute approximate surface area is 139 Å². The molecular formula is C16H22F3N3O2. The van der Waals surface area contributed by atoms with Gasteiger partial charge in [0.1, 0.15) is 5.75 Å². The molecule has 0 saturated heterocycles. The van der Waals surface area contributed by atoms with Crippen LogP contribution in [0, 0.1) is 0 Å². The lowest BCUT2D eigenvalue weighted by molar-refractivity contribution is -0.153. The van der Waals surface area contributed by atoms with Crippen LogP contribution in [0.5, 0.6) is 5.75 Å². The molecule has 1 saturated carbocycles. The van der Waals surface area contributed by atoms with Crippen molar-refractivity contribution in [2.75, 3.05) is 6.61 Å². The molecule has 0 atom stereocenters. The van der Waals surface area contributed by atoms with E-state index in [9.17, 15) is 18.0 Å². The fourth-order valence-electron chi connectivity index (χ4n) is 2.80. The SMILES string of the molecule is CC1(NC(=O)NCc2ccncc2OCC(F)(F)F)CCCCC1. The van der Waals surface area contributed by atoms with Gasteiger partial charge in [0, 0.05) is 23.8 Å². The lowest BCUT2D eigenvalue weighted by atomic mass is 9.83. The van der Waals surface area contributed by atoms with E-state index in [1.165, 1.54) is 24.9 Å². The highest BCUT2D eigenvalue weighted by Gasteiger charge is 2.29. The second-order valence-electron chi connectivity index (χ2n) is 6.32. The predicted octanol–water partition coefficient (Wildman–Crippen LogP) is 3.54. The van der Waals surface area contributed by atoms with Gasteiger partial charge in [-0.1, -0.05) is 19.3 Å². The average molecular weight is 345 g/mol. The van der Waals surface area contributed by atoms with E-state index in [0.29, 0.717) is 5.56 Å². The maximum Gasteiger partial charge on any atom is 0.422 e. The van der Waals surface area contributed by atoms with Gasteiger partial charge in [-0.2, -0.15) is 13.2 Å². The van der Waals surface area contributed by atoms with Crippen molar-refractivity contribution in [2.24, 2.45) is 0 Å². The number of hydrogen-bond acceptors (Lipinski definition) is 3. The van der Waals surface area contributed by atoms with Gasteiger partial charge >= 0.3 is 12.2 Å². The monoisotopic (exact) mass is 345 g/mol. The van der Waals surface area contributed by atoms with E-state index in [0.717, 1.165) is 25.7 Å². The van der Waals surface area contributed by atoms with Crippen LogP contribution in [0.3, 0.4) is 0 Å². The summed E-state index contributed by atoms with van der Waals surface area (Å²) in [6, 6.07) is 1.19. The number of amides is 2. The standard InChI is InChI=1S/C16H22F3N3O2/c1-15(6-3-2-4-7-15)22-14(23)21-9-12-5-8-20-10-13(12)24-11-16(17,18)19/h5,8,10H,2-4,6-7,9,11H2,1H3,(H2,21,22,23). The highest BCUT2D eigenvalue weighted by molar-refractivity contribution is 5.74. The second kappa shape index (κ2) is 7.72. The van der Waals surface area contributed by atoms with Crippen molar-refractivity contribution in [1.29, 1.82) is 0 Å². The Morgan fingerprint density at radius 2 is 2.04 bits per heavy atom. The van der Waals surface area contributed by atoms with E-state index in [2.05, 4.69) is 15.6 Å². The fourth-order valence-corrected chi connectivity index (χ4v) is 2.80. The molecule has 2 N–H and O–H groups in total. The smallest absolute Gasteiger partial charge is 0.422 e. The summed E-state index contributed by atoms with van der Waals surface area (Å²) in [5, 5.41) is 5.62. The van der Waals surface area contributed by atoms with Crippen LogP contribution in [-0.4, -0.2) is 29.3 Å². The number of carbonyl (C=O) groups is 1. The molecule has 134 valence electrons. The van der Waals surface area contributed by atoms with Crippen molar-refractivity contribution >= 4 is 6.03 Å². The third-order valence-corrected chi connectivity index (χ3v) is 4.07. The van der Waals surface area contributed by atoms with Crippen LogP contribution in [-0.2, 0) is 6.54 Å². The first-order valence-corrected chi connectivity index (χ1v) is 7.96. The number of ether oxygens (including phenoxy) is 1. The van der Waals surface area contributed by atoms with Crippen LogP contribution < -0.4 is 15.4 Å². The molecule has 1 aromatic heterocycles. The number of pyridine rings is 1. The zero-order valence-electron chi connectivity index (χ0n) is 13.6. The predicted molar refractivity (Wildman–Crippen MR) is 82.6 cm³/mol. The summed E-state index contributed by atoms with van der Waals surface area (Å²) < 4.78 is 41.5. The van der Waals surface area contributed by atoms with Crippen LogP contribution in [0.15, 0.2) is 18.5 Å². The number of carbonyl (C=O) groups excluding carboxylic acids is 1. The van der Waals surface area contributed by atoms with E-state index in [-0.39, 0.29) is 23.9 Å². The van der Waals surface area contributed by atoms with Crippen molar-refractivity contribution in [3.63, 3.8) is 0 Å². The van der Waals surface area contributed by atoms with Crippen molar-refractivity contribution < 1.29 is 22.7 Å². The van der Waals surface area contributed by atoms with E-state index in [1.807, 2.05) is 6.92 Å². The van der Waals surface area contributed by atoms with E-state index in [1.54, 1.807) is 0 Å². The first kappa shape index (κ1) is 18.4. The summed E-state index contributed by atoms with van der Waals surface area (Å²) in [4.78, 5) is 15.8. The van der Waals surface area contributed by atoms with Gasteiger partial charge in [0.2, 0.25) is 0 Å². The van der Waals surface area contributed by atoms with Gasteiger partial charge in [-0.25, -0.2) is 4.79 Å². The molecule has 0 spiro atoms. The van der Waals surface area contributed by atoms with E-state index < -0.39 is 12.8 Å². The molecule has 0 radical (unpaired) electrons. The number of hydrogen-bond donors (Lipinski definition) is 2. The Bertz CT molecular complexity index is 558. The molecule has 0 unspecified atom stereocenters. The van der Waals surface area contributed by atoms with Gasteiger partial charge in [0.05, 0.1) is 6.20 Å². The number of alkyl halides is 3. The lowest BCUT2D eigenvalue weighted by Gasteiger charge is -2.34. The van der Waals surface area contributed by atoms with Gasteiger partial charge in [-0.05, 0) is 25.8 Å². The van der Waals surface area contributed by atoms with Gasteiger partial charge in [-0.3, -0.25) is 4.98 Å². The summed E-state index contributed by atoms with van der Waals surface area (Å²) in [7, 11) is 0. The van der Waals surface area contributed by atoms with Crippen LogP contribution in [0.4, 0.5) is 18.0 Å². The molecule has 1 aromatic rings. The summed E-state index contributed by atoms with van der Waals surface area (Å²) in [5.41, 5.74) is 0.217. The normalized spacial score (nSPS) is 17.2. The summed E-state index contributed by atoms with van der Waals surface area (Å²) in [6.07, 6.45) is 3.42. The van der Waals surface area contributed by atoms with Crippen LogP contribution in [0.25, 0.3) is 0 Å². The molecule has 2 rings (SSSR count). The average Bonchev–Trinajstić information content (AvgIpc) is 2.51. The number of halogens is 3. The maximum atomic E-state index is 12.3. The van der Waals surface area contributed by atoms with Gasteiger partial charge in [0.25, 0.3) is 0 Å². The molecule has 2 amide bonds.